The molecule has 0 radical (unpaired) electrons. The van der Waals surface area contributed by atoms with Crippen molar-refractivity contribution < 1.29 is 0 Å². The molecule has 42 heavy (non-hydrogen) atoms. The number of hydrogen-bond acceptors (Lipinski definition) is 4. The second kappa shape index (κ2) is 19.0. The van der Waals surface area contributed by atoms with Crippen LogP contribution >= 0.6 is 0 Å². The van der Waals surface area contributed by atoms with Gasteiger partial charge in [0.05, 0.1) is 0 Å². The van der Waals surface area contributed by atoms with Crippen molar-refractivity contribution >= 4 is 0 Å². The number of nitrogens with zero attached hydrogens (tertiary/aromatic N) is 3. The van der Waals surface area contributed by atoms with E-state index in [0.717, 1.165) is 71.9 Å². The average Bonchev–Trinajstić information content (AvgIpc) is 3.03. The number of hydrogen-bond donors (Lipinski definition) is 1. The van der Waals surface area contributed by atoms with E-state index in [4.69, 9.17) is 5.73 Å². The van der Waals surface area contributed by atoms with Crippen LogP contribution in [0.2, 0.25) is 0 Å². The van der Waals surface area contributed by atoms with Gasteiger partial charge < -0.3 is 10.6 Å². The third kappa shape index (κ3) is 12.3. The first kappa shape index (κ1) is 31.7. The zero-order chi connectivity index (χ0) is 29.1. The lowest BCUT2D eigenvalue weighted by Gasteiger charge is -2.28. The Morgan fingerprint density at radius 1 is 0.333 bits per heavy atom. The maximum atomic E-state index is 5.86. The normalized spacial score (nSPS) is 11.5. The summed E-state index contributed by atoms with van der Waals surface area (Å²) in [5, 5.41) is 0. The number of nitrogens with two attached hydrogens (primary N) is 1. The lowest BCUT2D eigenvalue weighted by molar-refractivity contribution is 0.196. The van der Waals surface area contributed by atoms with Crippen LogP contribution in [0.3, 0.4) is 0 Å². The molecule has 0 aliphatic heterocycles. The van der Waals surface area contributed by atoms with E-state index >= 15 is 0 Å². The van der Waals surface area contributed by atoms with Gasteiger partial charge in [-0.15, -0.1) is 0 Å². The number of unbranched alkanes of at least 4 members (excludes halogenated alkanes) is 1. The Hall–Kier alpha value is -3.28. The summed E-state index contributed by atoms with van der Waals surface area (Å²) in [6, 6.07) is 43.5. The molecule has 0 bridgehead atoms. The van der Waals surface area contributed by atoms with E-state index < -0.39 is 0 Å². The molecule has 222 valence electrons. The molecule has 4 rings (SSSR count). The summed E-state index contributed by atoms with van der Waals surface area (Å²) < 4.78 is 0. The highest BCUT2D eigenvalue weighted by Gasteiger charge is 2.12. The average molecular weight is 563 g/mol. The van der Waals surface area contributed by atoms with E-state index in [1.54, 1.807) is 0 Å². The van der Waals surface area contributed by atoms with Gasteiger partial charge in [-0.1, -0.05) is 121 Å². The van der Waals surface area contributed by atoms with Gasteiger partial charge in [-0.05, 0) is 74.1 Å². The quantitative estimate of drug-likeness (QED) is 0.115. The van der Waals surface area contributed by atoms with Crippen LogP contribution in [0.1, 0.15) is 47.9 Å². The van der Waals surface area contributed by atoms with Crippen molar-refractivity contribution in [3.8, 4) is 0 Å². The second-order valence-corrected chi connectivity index (χ2v) is 11.4. The highest BCUT2D eigenvalue weighted by atomic mass is 15.2. The highest BCUT2D eigenvalue weighted by Crippen LogP contribution is 2.13. The van der Waals surface area contributed by atoms with Gasteiger partial charge in [0.25, 0.3) is 0 Å². The van der Waals surface area contributed by atoms with E-state index in [0.29, 0.717) is 0 Å². The van der Waals surface area contributed by atoms with Gasteiger partial charge in [0.2, 0.25) is 0 Å². The van der Waals surface area contributed by atoms with E-state index in [1.165, 1.54) is 41.5 Å². The van der Waals surface area contributed by atoms with Crippen molar-refractivity contribution in [3.05, 3.63) is 144 Å². The Kier molecular flexibility index (Phi) is 14.3. The van der Waals surface area contributed by atoms with Gasteiger partial charge in [-0.3, -0.25) is 9.80 Å². The minimum Gasteiger partial charge on any atom is -0.330 e. The summed E-state index contributed by atoms with van der Waals surface area (Å²) in [6.45, 7) is 10.3. The molecule has 0 atom stereocenters. The van der Waals surface area contributed by atoms with Crippen LogP contribution in [0.15, 0.2) is 121 Å². The van der Waals surface area contributed by atoms with Crippen LogP contribution in [-0.4, -0.2) is 54.0 Å². The Morgan fingerprint density at radius 2 is 0.619 bits per heavy atom. The number of rotatable bonds is 20. The molecule has 4 nitrogen and oxygen atoms in total. The standard InChI is InChI=1S/C38H50N4/c39-25-13-14-26-40(27-15-29-41(31-35-17-5-1-6-18-35)32-36-19-7-2-8-20-36)28-16-30-42(33-37-21-9-3-10-22-37)34-38-23-11-4-12-24-38/h1-12,17-24H,13-16,25-34,39H2. The Balaban J connectivity index is 1.32. The molecule has 0 fully saturated rings. The number of benzene rings is 4. The third-order valence-electron chi connectivity index (χ3n) is 7.82. The Labute approximate surface area is 254 Å². The molecule has 4 aromatic rings. The zero-order valence-electron chi connectivity index (χ0n) is 25.4. The second-order valence-electron chi connectivity index (χ2n) is 11.4. The van der Waals surface area contributed by atoms with Gasteiger partial charge in [-0.25, -0.2) is 0 Å². The van der Waals surface area contributed by atoms with Crippen molar-refractivity contribution in [1.29, 1.82) is 0 Å². The van der Waals surface area contributed by atoms with Crippen LogP contribution in [0.25, 0.3) is 0 Å². The van der Waals surface area contributed by atoms with Crippen LogP contribution in [0.4, 0.5) is 0 Å². The predicted molar refractivity (Wildman–Crippen MR) is 178 cm³/mol. The first-order chi connectivity index (χ1) is 20.8. The Bertz CT molecular complexity index is 1030. The minimum absolute atomic E-state index is 0.775. The van der Waals surface area contributed by atoms with Crippen LogP contribution in [0.5, 0.6) is 0 Å². The van der Waals surface area contributed by atoms with E-state index in [-0.39, 0.29) is 0 Å². The van der Waals surface area contributed by atoms with Gasteiger partial charge in [0, 0.05) is 39.3 Å². The molecule has 4 heteroatoms. The summed E-state index contributed by atoms with van der Waals surface area (Å²) in [6.07, 6.45) is 4.60. The largest absolute Gasteiger partial charge is 0.330 e. The molecule has 0 aliphatic carbocycles. The summed E-state index contributed by atoms with van der Waals surface area (Å²) in [5.74, 6) is 0. The topological polar surface area (TPSA) is 35.7 Å². The molecular weight excluding hydrogens is 512 g/mol. The monoisotopic (exact) mass is 562 g/mol. The molecule has 0 spiro atoms. The molecule has 0 heterocycles. The predicted octanol–water partition coefficient (Wildman–Crippen LogP) is 7.21. The molecule has 0 saturated heterocycles. The molecule has 0 amide bonds. The first-order valence-electron chi connectivity index (χ1n) is 15.8. The molecule has 0 aliphatic rings. The lowest BCUT2D eigenvalue weighted by atomic mass is 10.1. The highest BCUT2D eigenvalue weighted by molar-refractivity contribution is 5.18. The van der Waals surface area contributed by atoms with Crippen molar-refractivity contribution in [2.45, 2.75) is 51.9 Å². The maximum Gasteiger partial charge on any atom is 0.0237 e. The lowest BCUT2D eigenvalue weighted by Crippen LogP contribution is -2.33. The summed E-state index contributed by atoms with van der Waals surface area (Å²) in [5.41, 5.74) is 11.4. The van der Waals surface area contributed by atoms with Gasteiger partial charge in [0.15, 0.2) is 0 Å². The van der Waals surface area contributed by atoms with Crippen LogP contribution in [0, 0.1) is 0 Å². The fourth-order valence-corrected chi connectivity index (χ4v) is 5.65. The fourth-order valence-electron chi connectivity index (χ4n) is 5.65. The summed E-state index contributed by atoms with van der Waals surface area (Å²) >= 11 is 0. The first-order valence-corrected chi connectivity index (χ1v) is 15.8. The molecule has 0 unspecified atom stereocenters. The Morgan fingerprint density at radius 3 is 0.929 bits per heavy atom. The van der Waals surface area contributed by atoms with Crippen LogP contribution in [-0.2, 0) is 26.2 Å². The summed E-state index contributed by atoms with van der Waals surface area (Å²) in [4.78, 5) is 7.89. The zero-order valence-corrected chi connectivity index (χ0v) is 25.4. The van der Waals surface area contributed by atoms with Crippen molar-refractivity contribution in [3.63, 3.8) is 0 Å². The van der Waals surface area contributed by atoms with E-state index in [2.05, 4.69) is 136 Å². The van der Waals surface area contributed by atoms with E-state index in [1.807, 2.05) is 0 Å². The van der Waals surface area contributed by atoms with Gasteiger partial charge in [0.1, 0.15) is 0 Å². The molecular formula is C38H50N4. The van der Waals surface area contributed by atoms with Crippen molar-refractivity contribution in [1.82, 2.24) is 14.7 Å². The van der Waals surface area contributed by atoms with Gasteiger partial charge >= 0.3 is 0 Å². The molecule has 0 aromatic heterocycles. The molecule has 0 saturated carbocycles. The van der Waals surface area contributed by atoms with Crippen molar-refractivity contribution in [2.75, 3.05) is 39.3 Å². The SMILES string of the molecule is NCCCCN(CCCN(Cc1ccccc1)Cc1ccccc1)CCCN(Cc1ccccc1)Cc1ccccc1. The minimum atomic E-state index is 0.775. The van der Waals surface area contributed by atoms with E-state index in [9.17, 15) is 0 Å². The van der Waals surface area contributed by atoms with Crippen LogP contribution < -0.4 is 5.73 Å². The third-order valence-corrected chi connectivity index (χ3v) is 7.82. The fraction of sp³-hybridized carbons (Fsp3) is 0.368. The molecule has 2 N–H and O–H groups in total. The van der Waals surface area contributed by atoms with Crippen molar-refractivity contribution in [2.24, 2.45) is 5.73 Å². The smallest absolute Gasteiger partial charge is 0.0237 e. The maximum absolute atomic E-state index is 5.86. The molecule has 4 aromatic carbocycles. The van der Waals surface area contributed by atoms with Gasteiger partial charge in [-0.2, -0.15) is 0 Å². The summed E-state index contributed by atoms with van der Waals surface area (Å²) in [7, 11) is 0.